The summed E-state index contributed by atoms with van der Waals surface area (Å²) in [7, 11) is 2.14. The Morgan fingerprint density at radius 1 is 1.44 bits per heavy atom. The fourth-order valence-electron chi connectivity index (χ4n) is 2.51. The van der Waals surface area contributed by atoms with E-state index < -0.39 is 0 Å². The Hall–Kier alpha value is -0.610. The minimum absolute atomic E-state index is 0.180. The van der Waals surface area contributed by atoms with Gasteiger partial charge < -0.3 is 16.0 Å². The molecule has 0 saturated carbocycles. The normalized spacial score (nSPS) is 21.2. The molecule has 18 heavy (non-hydrogen) atoms. The molecule has 1 aliphatic rings. The third-order valence-electron chi connectivity index (χ3n) is 3.93. The SMILES string of the molecule is CN1CCC(CNC(=O)CCC(C)(C)CCN)C1. The zero-order valence-corrected chi connectivity index (χ0v) is 12.2. The molecule has 1 aliphatic heterocycles. The van der Waals surface area contributed by atoms with Gasteiger partial charge in [-0.15, -0.1) is 0 Å². The number of hydrogen-bond donors (Lipinski definition) is 2. The quantitative estimate of drug-likeness (QED) is 0.719. The van der Waals surface area contributed by atoms with Gasteiger partial charge in [0.15, 0.2) is 0 Å². The smallest absolute Gasteiger partial charge is 0.220 e. The van der Waals surface area contributed by atoms with Gasteiger partial charge in [0.25, 0.3) is 0 Å². The van der Waals surface area contributed by atoms with E-state index in [1.165, 1.54) is 6.42 Å². The van der Waals surface area contributed by atoms with E-state index in [1.54, 1.807) is 0 Å². The number of rotatable bonds is 7. The second-order valence-corrected chi connectivity index (χ2v) is 6.42. The molecular weight excluding hydrogens is 226 g/mol. The number of amides is 1. The van der Waals surface area contributed by atoms with Crippen LogP contribution < -0.4 is 11.1 Å². The lowest BCUT2D eigenvalue weighted by Crippen LogP contribution is -2.31. The lowest BCUT2D eigenvalue weighted by atomic mass is 9.84. The maximum atomic E-state index is 11.8. The van der Waals surface area contributed by atoms with E-state index >= 15 is 0 Å². The average molecular weight is 255 g/mol. The van der Waals surface area contributed by atoms with Gasteiger partial charge in [0, 0.05) is 19.5 Å². The zero-order chi connectivity index (χ0) is 13.6. The molecule has 1 unspecified atom stereocenters. The minimum atomic E-state index is 0.180. The highest BCUT2D eigenvalue weighted by Gasteiger charge is 2.21. The fourth-order valence-corrected chi connectivity index (χ4v) is 2.51. The van der Waals surface area contributed by atoms with Crippen molar-refractivity contribution >= 4 is 5.91 Å². The summed E-state index contributed by atoms with van der Waals surface area (Å²) in [5.74, 6) is 0.825. The van der Waals surface area contributed by atoms with Crippen LogP contribution in [0.1, 0.15) is 39.5 Å². The van der Waals surface area contributed by atoms with Gasteiger partial charge in [0.1, 0.15) is 0 Å². The predicted molar refractivity (Wildman–Crippen MR) is 75.3 cm³/mol. The van der Waals surface area contributed by atoms with Crippen LogP contribution in [-0.4, -0.2) is 44.0 Å². The fraction of sp³-hybridized carbons (Fsp3) is 0.929. The van der Waals surface area contributed by atoms with Crippen molar-refractivity contribution in [3.63, 3.8) is 0 Å². The van der Waals surface area contributed by atoms with Crippen molar-refractivity contribution in [2.45, 2.75) is 39.5 Å². The van der Waals surface area contributed by atoms with Crippen LogP contribution in [-0.2, 0) is 4.79 Å². The second kappa shape index (κ2) is 7.10. The van der Waals surface area contributed by atoms with Crippen molar-refractivity contribution < 1.29 is 4.79 Å². The van der Waals surface area contributed by atoms with Crippen molar-refractivity contribution in [1.29, 1.82) is 0 Å². The highest BCUT2D eigenvalue weighted by atomic mass is 16.1. The van der Waals surface area contributed by atoms with E-state index in [4.69, 9.17) is 5.73 Å². The zero-order valence-electron chi connectivity index (χ0n) is 12.2. The molecule has 4 heteroatoms. The monoisotopic (exact) mass is 255 g/mol. The van der Waals surface area contributed by atoms with Gasteiger partial charge in [-0.3, -0.25) is 4.79 Å². The van der Waals surface area contributed by atoms with Gasteiger partial charge in [-0.05, 0) is 50.7 Å². The third kappa shape index (κ3) is 5.83. The standard InChI is InChI=1S/C14H29N3O/c1-14(2,7-8-15)6-4-13(18)16-10-12-5-9-17(3)11-12/h12H,4-11,15H2,1-3H3,(H,16,18). The molecule has 0 aromatic heterocycles. The second-order valence-electron chi connectivity index (χ2n) is 6.42. The summed E-state index contributed by atoms with van der Waals surface area (Å²) in [6.07, 6.45) is 3.72. The summed E-state index contributed by atoms with van der Waals surface area (Å²) in [6.45, 7) is 8.16. The number of nitrogens with two attached hydrogens (primary N) is 1. The molecule has 0 aromatic rings. The first kappa shape index (κ1) is 15.4. The Kier molecular flexibility index (Phi) is 6.09. The first-order chi connectivity index (χ1) is 8.43. The molecule has 1 heterocycles. The van der Waals surface area contributed by atoms with Crippen LogP contribution in [0.25, 0.3) is 0 Å². The predicted octanol–water partition coefficient (Wildman–Crippen LogP) is 1.21. The first-order valence-corrected chi connectivity index (χ1v) is 7.08. The molecule has 4 nitrogen and oxygen atoms in total. The topological polar surface area (TPSA) is 58.4 Å². The van der Waals surface area contributed by atoms with E-state index in [0.717, 1.165) is 32.5 Å². The van der Waals surface area contributed by atoms with Crippen molar-refractivity contribution in [2.75, 3.05) is 33.2 Å². The molecule has 1 amide bonds. The number of likely N-dealkylation sites (tertiary alicyclic amines) is 1. The van der Waals surface area contributed by atoms with Crippen LogP contribution in [0.2, 0.25) is 0 Å². The van der Waals surface area contributed by atoms with E-state index in [-0.39, 0.29) is 11.3 Å². The molecule has 0 spiro atoms. The maximum absolute atomic E-state index is 11.8. The summed E-state index contributed by atoms with van der Waals surface area (Å²) in [4.78, 5) is 14.1. The van der Waals surface area contributed by atoms with Crippen LogP contribution in [0.5, 0.6) is 0 Å². The molecule has 3 N–H and O–H groups in total. The van der Waals surface area contributed by atoms with Crippen LogP contribution in [0.3, 0.4) is 0 Å². The van der Waals surface area contributed by atoms with Crippen LogP contribution in [0.15, 0.2) is 0 Å². The molecule has 1 saturated heterocycles. The highest BCUT2D eigenvalue weighted by Crippen LogP contribution is 2.25. The van der Waals surface area contributed by atoms with E-state index in [1.807, 2.05) is 0 Å². The third-order valence-corrected chi connectivity index (χ3v) is 3.93. The van der Waals surface area contributed by atoms with Gasteiger partial charge in [-0.2, -0.15) is 0 Å². The number of carbonyl (C=O) groups is 1. The summed E-state index contributed by atoms with van der Waals surface area (Å²) < 4.78 is 0. The molecule has 0 aromatic carbocycles. The Morgan fingerprint density at radius 3 is 2.72 bits per heavy atom. The van der Waals surface area contributed by atoms with E-state index in [0.29, 0.717) is 18.9 Å². The van der Waals surface area contributed by atoms with Gasteiger partial charge >= 0.3 is 0 Å². The van der Waals surface area contributed by atoms with Crippen molar-refractivity contribution in [2.24, 2.45) is 17.1 Å². The Labute approximate surface area is 111 Å². The number of hydrogen-bond acceptors (Lipinski definition) is 3. The lowest BCUT2D eigenvalue weighted by Gasteiger charge is -2.23. The van der Waals surface area contributed by atoms with Crippen molar-refractivity contribution in [3.05, 3.63) is 0 Å². The van der Waals surface area contributed by atoms with Gasteiger partial charge in [0.05, 0.1) is 0 Å². The van der Waals surface area contributed by atoms with Crippen LogP contribution >= 0.6 is 0 Å². The van der Waals surface area contributed by atoms with Crippen molar-refractivity contribution in [1.82, 2.24) is 10.2 Å². The number of nitrogens with zero attached hydrogens (tertiary/aromatic N) is 1. The van der Waals surface area contributed by atoms with Gasteiger partial charge in [-0.1, -0.05) is 13.8 Å². The molecular formula is C14H29N3O. The maximum Gasteiger partial charge on any atom is 0.220 e. The first-order valence-electron chi connectivity index (χ1n) is 7.08. The van der Waals surface area contributed by atoms with Crippen LogP contribution in [0.4, 0.5) is 0 Å². The minimum Gasteiger partial charge on any atom is -0.356 e. The van der Waals surface area contributed by atoms with E-state index in [9.17, 15) is 4.79 Å². The van der Waals surface area contributed by atoms with Crippen molar-refractivity contribution in [3.8, 4) is 0 Å². The number of nitrogens with one attached hydrogen (secondary N) is 1. The molecule has 0 radical (unpaired) electrons. The Bertz CT molecular complexity index is 266. The molecule has 1 fully saturated rings. The summed E-state index contributed by atoms with van der Waals surface area (Å²) in [5, 5.41) is 3.06. The Balaban J connectivity index is 2.14. The van der Waals surface area contributed by atoms with Gasteiger partial charge in [-0.25, -0.2) is 0 Å². The van der Waals surface area contributed by atoms with E-state index in [2.05, 4.69) is 31.1 Å². The number of carbonyl (C=O) groups excluding carboxylic acids is 1. The molecule has 106 valence electrons. The lowest BCUT2D eigenvalue weighted by molar-refractivity contribution is -0.121. The summed E-state index contributed by atoms with van der Waals surface area (Å²) in [5.41, 5.74) is 5.75. The van der Waals surface area contributed by atoms with Crippen LogP contribution in [0, 0.1) is 11.3 Å². The van der Waals surface area contributed by atoms with Gasteiger partial charge in [0.2, 0.25) is 5.91 Å². The highest BCUT2D eigenvalue weighted by molar-refractivity contribution is 5.75. The average Bonchev–Trinajstić information content (AvgIpc) is 2.70. The Morgan fingerprint density at radius 2 is 2.17 bits per heavy atom. The molecule has 0 aliphatic carbocycles. The largest absolute Gasteiger partial charge is 0.356 e. The molecule has 1 atom stereocenters. The summed E-state index contributed by atoms with van der Waals surface area (Å²) in [6, 6.07) is 0. The molecule has 0 bridgehead atoms. The molecule has 1 rings (SSSR count). The summed E-state index contributed by atoms with van der Waals surface area (Å²) >= 11 is 0.